The fraction of sp³-hybridized carbons (Fsp3) is 0.174. The molecule has 1 aliphatic rings. The van der Waals surface area contributed by atoms with E-state index in [1.54, 1.807) is 37.9 Å². The van der Waals surface area contributed by atoms with Crippen molar-refractivity contribution < 1.29 is 9.59 Å². The van der Waals surface area contributed by atoms with Gasteiger partial charge in [-0.05, 0) is 31.0 Å². The molecule has 0 radical (unpaired) electrons. The Balaban J connectivity index is 1.40. The molecule has 2 amide bonds. The van der Waals surface area contributed by atoms with E-state index in [2.05, 4.69) is 45.8 Å². The third-order valence-electron chi connectivity index (χ3n) is 5.78. The highest BCUT2D eigenvalue weighted by Gasteiger charge is 2.29. The van der Waals surface area contributed by atoms with Gasteiger partial charge in [-0.3, -0.25) is 19.7 Å². The van der Waals surface area contributed by atoms with Crippen molar-refractivity contribution in [1.29, 1.82) is 0 Å². The summed E-state index contributed by atoms with van der Waals surface area (Å²) in [6.45, 7) is 0. The lowest BCUT2D eigenvalue weighted by atomic mass is 10.1. The molecule has 0 saturated heterocycles. The number of nitrogens with zero attached hydrogens (tertiary/aromatic N) is 5. The van der Waals surface area contributed by atoms with Gasteiger partial charge in [-0.15, -0.1) is 0 Å². The second kappa shape index (κ2) is 7.73. The van der Waals surface area contributed by atoms with Crippen LogP contribution in [-0.2, 0) is 4.79 Å². The third-order valence-corrected chi connectivity index (χ3v) is 5.78. The van der Waals surface area contributed by atoms with Crippen molar-refractivity contribution in [2.75, 3.05) is 12.4 Å². The number of carbonyl (C=O) groups excluding carboxylic acids is 2. The van der Waals surface area contributed by atoms with Crippen LogP contribution in [0.5, 0.6) is 0 Å². The van der Waals surface area contributed by atoms with Crippen molar-refractivity contribution in [1.82, 2.24) is 40.4 Å². The van der Waals surface area contributed by atoms with Crippen molar-refractivity contribution in [3.05, 3.63) is 48.5 Å². The molecule has 168 valence electrons. The summed E-state index contributed by atoms with van der Waals surface area (Å²) in [4.78, 5) is 45.1. The van der Waals surface area contributed by atoms with E-state index in [1.165, 1.54) is 0 Å². The van der Waals surface area contributed by atoms with E-state index in [1.807, 2.05) is 12.1 Å². The van der Waals surface area contributed by atoms with Gasteiger partial charge in [0.05, 0.1) is 22.8 Å². The maximum atomic E-state index is 12.2. The molecule has 4 N–H and O–H groups in total. The maximum absolute atomic E-state index is 12.2. The van der Waals surface area contributed by atoms with Crippen molar-refractivity contribution in [3.8, 4) is 22.6 Å². The highest BCUT2D eigenvalue weighted by Crippen LogP contribution is 2.32. The molecule has 1 aliphatic carbocycles. The van der Waals surface area contributed by atoms with Gasteiger partial charge in [-0.25, -0.2) is 15.0 Å². The minimum Gasteiger partial charge on any atom is -0.355 e. The van der Waals surface area contributed by atoms with E-state index in [9.17, 15) is 9.59 Å². The molecule has 0 atom stereocenters. The number of fused-ring (bicyclic) bond motifs is 2. The molecule has 1 fully saturated rings. The zero-order valence-corrected chi connectivity index (χ0v) is 18.1. The molecule has 6 rings (SSSR count). The van der Waals surface area contributed by atoms with Crippen LogP contribution in [0.2, 0.25) is 0 Å². The van der Waals surface area contributed by atoms with Crippen LogP contribution in [0.3, 0.4) is 0 Å². The summed E-state index contributed by atoms with van der Waals surface area (Å²) < 4.78 is 0. The second-order valence-corrected chi connectivity index (χ2v) is 8.14. The molecule has 0 unspecified atom stereocenters. The smallest absolute Gasteiger partial charge is 0.253 e. The van der Waals surface area contributed by atoms with E-state index >= 15 is 0 Å². The standard InChI is InChI=1S/C23H19N9O2/c1-24-23(34)15-4-5-26-20-17(15)29-21(30-20)18-16-7-13(9-27-19(16)32-31-18)12-6-14(10-25-8-12)28-22(33)11-2-3-11/h4-11H,2-3H2,1H3,(H,24,34)(H,28,33)(H,26,29,30)(H,27,31,32). The monoisotopic (exact) mass is 453 g/mol. The minimum atomic E-state index is -0.248. The number of hydrogen-bond donors (Lipinski definition) is 4. The first-order valence-electron chi connectivity index (χ1n) is 10.8. The van der Waals surface area contributed by atoms with Gasteiger partial charge in [0.1, 0.15) is 11.2 Å². The quantitative estimate of drug-likeness (QED) is 0.319. The first kappa shape index (κ1) is 20.0. The molecule has 5 aromatic heterocycles. The SMILES string of the molecule is CNC(=O)c1ccnc2[nH]c(-c3n[nH]c4ncc(-c5cncc(NC(=O)C6CC6)c5)cc34)nc12. The zero-order chi connectivity index (χ0) is 23.2. The van der Waals surface area contributed by atoms with Gasteiger partial charge < -0.3 is 15.6 Å². The number of pyridine rings is 3. The Kier molecular flexibility index (Phi) is 4.54. The van der Waals surface area contributed by atoms with Crippen molar-refractivity contribution in [2.45, 2.75) is 12.8 Å². The lowest BCUT2D eigenvalue weighted by molar-refractivity contribution is -0.117. The molecule has 34 heavy (non-hydrogen) atoms. The van der Waals surface area contributed by atoms with Crippen LogP contribution in [0.1, 0.15) is 23.2 Å². The molecule has 0 aliphatic heterocycles. The highest BCUT2D eigenvalue weighted by atomic mass is 16.2. The van der Waals surface area contributed by atoms with Gasteiger partial charge in [-0.1, -0.05) is 0 Å². The first-order valence-corrected chi connectivity index (χ1v) is 10.8. The number of imidazole rings is 1. The average molecular weight is 453 g/mol. The van der Waals surface area contributed by atoms with Crippen LogP contribution in [0.4, 0.5) is 5.69 Å². The van der Waals surface area contributed by atoms with Crippen molar-refractivity contribution in [3.63, 3.8) is 0 Å². The molecule has 5 heterocycles. The summed E-state index contributed by atoms with van der Waals surface area (Å²) in [6.07, 6.45) is 8.49. The Morgan fingerprint density at radius 2 is 1.91 bits per heavy atom. The van der Waals surface area contributed by atoms with Crippen LogP contribution in [0.15, 0.2) is 43.0 Å². The van der Waals surface area contributed by atoms with E-state index in [-0.39, 0.29) is 17.7 Å². The Labute approximate surface area is 192 Å². The summed E-state index contributed by atoms with van der Waals surface area (Å²) in [6, 6.07) is 5.43. The number of hydrogen-bond acceptors (Lipinski definition) is 7. The predicted molar refractivity (Wildman–Crippen MR) is 125 cm³/mol. The number of H-pyrrole nitrogens is 2. The summed E-state index contributed by atoms with van der Waals surface area (Å²) in [7, 11) is 1.57. The van der Waals surface area contributed by atoms with Crippen LogP contribution in [0, 0.1) is 5.92 Å². The summed E-state index contributed by atoms with van der Waals surface area (Å²) >= 11 is 0. The Hall–Kier alpha value is -4.67. The number of anilines is 1. The van der Waals surface area contributed by atoms with E-state index in [0.717, 1.165) is 29.4 Å². The zero-order valence-electron chi connectivity index (χ0n) is 18.1. The number of aromatic nitrogens is 7. The van der Waals surface area contributed by atoms with Gasteiger partial charge in [0.2, 0.25) is 5.91 Å². The average Bonchev–Trinajstić information content (AvgIpc) is 3.49. The third kappa shape index (κ3) is 3.43. The van der Waals surface area contributed by atoms with Crippen molar-refractivity contribution in [2.24, 2.45) is 5.92 Å². The van der Waals surface area contributed by atoms with Crippen LogP contribution < -0.4 is 10.6 Å². The molecule has 11 heteroatoms. The van der Waals surface area contributed by atoms with Crippen LogP contribution in [0.25, 0.3) is 44.8 Å². The predicted octanol–water partition coefficient (Wildman–Crippen LogP) is 2.67. The number of rotatable bonds is 5. The largest absolute Gasteiger partial charge is 0.355 e. The number of aromatic amines is 2. The number of carbonyl (C=O) groups is 2. The Morgan fingerprint density at radius 1 is 1.06 bits per heavy atom. The molecule has 0 aromatic carbocycles. The molecular weight excluding hydrogens is 434 g/mol. The van der Waals surface area contributed by atoms with E-state index < -0.39 is 0 Å². The van der Waals surface area contributed by atoms with Crippen molar-refractivity contribution >= 4 is 39.7 Å². The topological polar surface area (TPSA) is 154 Å². The van der Waals surface area contributed by atoms with Gasteiger partial charge in [0.25, 0.3) is 5.91 Å². The molecule has 1 saturated carbocycles. The molecule has 11 nitrogen and oxygen atoms in total. The van der Waals surface area contributed by atoms with Gasteiger partial charge in [0, 0.05) is 42.7 Å². The fourth-order valence-electron chi connectivity index (χ4n) is 3.84. The number of amides is 2. The molecule has 5 aromatic rings. The summed E-state index contributed by atoms with van der Waals surface area (Å²) in [5, 5.41) is 13.6. The summed E-state index contributed by atoms with van der Waals surface area (Å²) in [5.74, 6) is 0.353. The minimum absolute atomic E-state index is 0.0271. The Morgan fingerprint density at radius 3 is 2.74 bits per heavy atom. The van der Waals surface area contributed by atoms with Gasteiger partial charge >= 0.3 is 0 Å². The molecule has 0 spiro atoms. The maximum Gasteiger partial charge on any atom is 0.253 e. The van der Waals surface area contributed by atoms with E-state index in [4.69, 9.17) is 0 Å². The van der Waals surface area contributed by atoms with Gasteiger partial charge in [0.15, 0.2) is 17.1 Å². The number of nitrogens with one attached hydrogen (secondary N) is 4. The Bertz CT molecular complexity index is 1580. The highest BCUT2D eigenvalue weighted by molar-refractivity contribution is 6.05. The van der Waals surface area contributed by atoms with Gasteiger partial charge in [-0.2, -0.15) is 5.10 Å². The lowest BCUT2D eigenvalue weighted by Crippen LogP contribution is -2.18. The lowest BCUT2D eigenvalue weighted by Gasteiger charge is -2.06. The molecular formula is C23H19N9O2. The normalized spacial score (nSPS) is 13.3. The van der Waals surface area contributed by atoms with Crippen LogP contribution in [-0.4, -0.2) is 54.0 Å². The molecule has 0 bridgehead atoms. The van der Waals surface area contributed by atoms with Crippen LogP contribution >= 0.6 is 0 Å². The second-order valence-electron chi connectivity index (χ2n) is 8.14. The summed E-state index contributed by atoms with van der Waals surface area (Å²) in [5.41, 5.74) is 4.77. The first-order chi connectivity index (χ1) is 16.6. The van der Waals surface area contributed by atoms with E-state index in [0.29, 0.717) is 39.6 Å². The fourth-order valence-corrected chi connectivity index (χ4v) is 3.84.